The summed E-state index contributed by atoms with van der Waals surface area (Å²) in [5, 5.41) is 12.2. The molecule has 1 aliphatic carbocycles. The van der Waals surface area contributed by atoms with Crippen LogP contribution in [0.3, 0.4) is 0 Å². The number of benzene rings is 3. The molecule has 0 heterocycles. The molecule has 1 aliphatic rings. The number of allylic oxidation sites excluding steroid dienone is 1. The largest absolute Gasteiger partial charge is 0.493 e. The van der Waals surface area contributed by atoms with Gasteiger partial charge in [0.2, 0.25) is 0 Å². The fourth-order valence-electron chi connectivity index (χ4n) is 4.45. The topological polar surface area (TPSA) is 58.6 Å². The van der Waals surface area contributed by atoms with Crippen molar-refractivity contribution in [1.29, 1.82) is 0 Å². The Morgan fingerprint density at radius 3 is 2.08 bits per heavy atom. The van der Waals surface area contributed by atoms with E-state index in [1.54, 1.807) is 0 Å². The summed E-state index contributed by atoms with van der Waals surface area (Å²) in [5.74, 6) is 0.104. The van der Waals surface area contributed by atoms with E-state index in [4.69, 9.17) is 9.84 Å². The molecule has 0 radical (unpaired) electrons. The van der Waals surface area contributed by atoms with Crippen LogP contribution in [0.1, 0.15) is 61.6 Å². The number of hydrogen-bond donors (Lipinski definition) is 2. The first-order valence-corrected chi connectivity index (χ1v) is 12.9. The summed E-state index contributed by atoms with van der Waals surface area (Å²) in [6, 6.07) is 21.0. The van der Waals surface area contributed by atoms with Crippen LogP contribution in [0.2, 0.25) is 0 Å². The molecule has 1 fully saturated rings. The minimum atomic E-state index is -4.35. The third kappa shape index (κ3) is 7.40. The first kappa shape index (κ1) is 27.3. The lowest BCUT2D eigenvalue weighted by Gasteiger charge is -2.19. The van der Waals surface area contributed by atoms with Gasteiger partial charge in [-0.05, 0) is 71.4 Å². The predicted octanol–water partition coefficient (Wildman–Crippen LogP) is 7.90. The van der Waals surface area contributed by atoms with Crippen molar-refractivity contribution < 1.29 is 27.8 Å². The van der Waals surface area contributed by atoms with Crippen LogP contribution in [0.15, 0.2) is 78.4 Å². The molecule has 4 rings (SSSR count). The second-order valence-corrected chi connectivity index (χ2v) is 9.57. The van der Waals surface area contributed by atoms with Crippen molar-refractivity contribution in [2.24, 2.45) is 0 Å². The molecule has 0 aliphatic heterocycles. The maximum atomic E-state index is 12.8. The van der Waals surface area contributed by atoms with Crippen LogP contribution < -0.4 is 10.1 Å². The second kappa shape index (κ2) is 12.2. The molecule has 0 aromatic heterocycles. The van der Waals surface area contributed by atoms with Crippen LogP contribution in [0.4, 0.5) is 13.2 Å². The summed E-state index contributed by atoms with van der Waals surface area (Å²) in [4.78, 5) is 10.9. The number of nitrogens with one attached hydrogen (secondary N) is 1. The average molecular weight is 524 g/mol. The van der Waals surface area contributed by atoms with E-state index in [-0.39, 0.29) is 12.3 Å². The first-order valence-electron chi connectivity index (χ1n) is 12.9. The van der Waals surface area contributed by atoms with Gasteiger partial charge in [0.05, 0.1) is 18.6 Å². The smallest absolute Gasteiger partial charge is 0.416 e. The summed E-state index contributed by atoms with van der Waals surface area (Å²) in [6.45, 7) is 3.06. The van der Waals surface area contributed by atoms with Gasteiger partial charge in [0.1, 0.15) is 5.75 Å². The van der Waals surface area contributed by atoms with Gasteiger partial charge in [-0.2, -0.15) is 13.2 Å². The number of ether oxygens (including phenoxy) is 1. The van der Waals surface area contributed by atoms with Crippen molar-refractivity contribution in [3.63, 3.8) is 0 Å². The van der Waals surface area contributed by atoms with Crippen molar-refractivity contribution in [3.8, 4) is 16.9 Å². The summed E-state index contributed by atoms with van der Waals surface area (Å²) in [5.41, 5.74) is 5.51. The molecular weight excluding hydrogens is 491 g/mol. The van der Waals surface area contributed by atoms with Crippen molar-refractivity contribution in [2.45, 2.75) is 51.1 Å². The van der Waals surface area contributed by atoms with Crippen molar-refractivity contribution >= 4 is 11.7 Å². The normalized spacial score (nSPS) is 13.6. The third-order valence-electron chi connectivity index (χ3n) is 6.65. The van der Waals surface area contributed by atoms with Crippen LogP contribution in [0.5, 0.6) is 5.75 Å². The van der Waals surface area contributed by atoms with E-state index in [1.807, 2.05) is 24.3 Å². The summed E-state index contributed by atoms with van der Waals surface area (Å²) in [7, 11) is 0. The lowest BCUT2D eigenvalue weighted by Crippen LogP contribution is -2.17. The summed E-state index contributed by atoms with van der Waals surface area (Å²) in [6.07, 6.45) is -0.206. The predicted molar refractivity (Wildman–Crippen MR) is 143 cm³/mol. The van der Waals surface area contributed by atoms with Crippen LogP contribution in [-0.2, 0) is 11.0 Å². The maximum Gasteiger partial charge on any atom is 0.416 e. The van der Waals surface area contributed by atoms with Gasteiger partial charge in [-0.1, -0.05) is 61.9 Å². The van der Waals surface area contributed by atoms with Gasteiger partial charge < -0.3 is 15.2 Å². The average Bonchev–Trinajstić information content (AvgIpc) is 3.74. The highest BCUT2D eigenvalue weighted by atomic mass is 19.4. The third-order valence-corrected chi connectivity index (χ3v) is 6.65. The highest BCUT2D eigenvalue weighted by Gasteiger charge is 2.30. The monoisotopic (exact) mass is 523 g/mol. The van der Waals surface area contributed by atoms with Gasteiger partial charge in [-0.15, -0.1) is 0 Å². The minimum absolute atomic E-state index is 0.0795. The first-order chi connectivity index (χ1) is 18.2. The fourth-order valence-corrected chi connectivity index (χ4v) is 4.45. The van der Waals surface area contributed by atoms with E-state index < -0.39 is 17.7 Å². The van der Waals surface area contributed by atoms with Crippen LogP contribution in [-0.4, -0.2) is 24.2 Å². The summed E-state index contributed by atoms with van der Waals surface area (Å²) >= 11 is 0. The Labute approximate surface area is 221 Å². The van der Waals surface area contributed by atoms with Crippen LogP contribution in [0, 0.1) is 0 Å². The Morgan fingerprint density at radius 1 is 0.947 bits per heavy atom. The highest BCUT2D eigenvalue weighted by Crippen LogP contribution is 2.36. The zero-order valence-corrected chi connectivity index (χ0v) is 21.4. The molecule has 4 nitrogen and oxygen atoms in total. The molecule has 38 heavy (non-hydrogen) atoms. The molecule has 3 aromatic carbocycles. The SMILES string of the molecule is CCCC(COc1ccc(-c2ccc(C(F)(F)F)cc2)cc1)c1ccc(C(NCCC(=O)O)=C2CC2)cc1. The molecule has 0 saturated heterocycles. The Morgan fingerprint density at radius 2 is 1.55 bits per heavy atom. The van der Waals surface area contributed by atoms with Crippen molar-refractivity contribution in [2.75, 3.05) is 13.2 Å². The van der Waals surface area contributed by atoms with Gasteiger partial charge in [0.25, 0.3) is 0 Å². The van der Waals surface area contributed by atoms with E-state index in [0.29, 0.717) is 24.5 Å². The number of alkyl halides is 3. The van der Waals surface area contributed by atoms with Gasteiger partial charge in [0, 0.05) is 18.2 Å². The van der Waals surface area contributed by atoms with E-state index in [0.717, 1.165) is 54.6 Å². The van der Waals surface area contributed by atoms with Gasteiger partial charge >= 0.3 is 12.1 Å². The number of carboxylic acids is 1. The Balaban J connectivity index is 1.38. The minimum Gasteiger partial charge on any atom is -0.493 e. The molecule has 1 unspecified atom stereocenters. The number of carboxylic acid groups (broad SMARTS) is 1. The Bertz CT molecular complexity index is 1240. The summed E-state index contributed by atoms with van der Waals surface area (Å²) < 4.78 is 44.6. The number of hydrogen-bond acceptors (Lipinski definition) is 3. The second-order valence-electron chi connectivity index (χ2n) is 9.57. The Hall–Kier alpha value is -3.74. The lowest BCUT2D eigenvalue weighted by atomic mass is 9.94. The Kier molecular flexibility index (Phi) is 8.77. The van der Waals surface area contributed by atoms with E-state index >= 15 is 0 Å². The number of carbonyl (C=O) groups is 1. The van der Waals surface area contributed by atoms with Gasteiger partial charge in [0.15, 0.2) is 0 Å². The van der Waals surface area contributed by atoms with Crippen LogP contribution >= 0.6 is 0 Å². The number of aliphatic carboxylic acids is 1. The van der Waals surface area contributed by atoms with E-state index in [2.05, 4.69) is 36.5 Å². The quantitative estimate of drug-likeness (QED) is 0.253. The lowest BCUT2D eigenvalue weighted by molar-refractivity contribution is -0.138. The fraction of sp³-hybridized carbons (Fsp3) is 0.323. The number of halogens is 3. The zero-order chi connectivity index (χ0) is 27.1. The molecule has 200 valence electrons. The maximum absolute atomic E-state index is 12.8. The molecule has 2 N–H and O–H groups in total. The molecule has 3 aromatic rings. The van der Waals surface area contributed by atoms with Crippen LogP contribution in [0.25, 0.3) is 16.8 Å². The van der Waals surface area contributed by atoms with Crippen molar-refractivity contribution in [3.05, 3.63) is 95.1 Å². The molecule has 0 spiro atoms. The van der Waals surface area contributed by atoms with E-state index in [9.17, 15) is 18.0 Å². The zero-order valence-electron chi connectivity index (χ0n) is 21.4. The standard InChI is InChI=1S/C31H32F3NO3/c1-2-3-26(23-4-6-24(7-5-23)30(25-8-9-25)35-19-18-29(36)37)20-38-28-16-12-22(13-17-28)21-10-14-27(15-11-21)31(32,33)34/h4-7,10-17,26,35H,2-3,8-9,18-20H2,1H3,(H,36,37). The van der Waals surface area contributed by atoms with Crippen molar-refractivity contribution in [1.82, 2.24) is 5.32 Å². The van der Waals surface area contributed by atoms with Gasteiger partial charge in [-0.3, -0.25) is 4.79 Å². The van der Waals surface area contributed by atoms with E-state index in [1.165, 1.54) is 23.3 Å². The molecular formula is C31H32F3NO3. The molecule has 1 atom stereocenters. The van der Waals surface area contributed by atoms with Gasteiger partial charge in [-0.25, -0.2) is 0 Å². The molecule has 0 amide bonds. The number of rotatable bonds is 12. The molecule has 1 saturated carbocycles. The highest BCUT2D eigenvalue weighted by molar-refractivity contribution is 5.71. The molecule has 0 bridgehead atoms. The molecule has 7 heteroatoms.